The molecule has 0 radical (unpaired) electrons. The molecule has 2 rings (SSSR count). The molecule has 0 amide bonds. The van der Waals surface area contributed by atoms with Crippen LogP contribution in [0.4, 0.5) is 5.69 Å². The van der Waals surface area contributed by atoms with Crippen LogP contribution in [0, 0.1) is 11.3 Å². The molecule has 0 atom stereocenters. The Bertz CT molecular complexity index is 589. The van der Waals surface area contributed by atoms with Gasteiger partial charge in [0.1, 0.15) is 17.4 Å². The highest BCUT2D eigenvalue weighted by Crippen LogP contribution is 2.26. The van der Waals surface area contributed by atoms with Crippen LogP contribution in [-0.4, -0.2) is 32.8 Å². The van der Waals surface area contributed by atoms with E-state index < -0.39 is 5.97 Å². The Kier molecular flexibility index (Phi) is 5.42. The summed E-state index contributed by atoms with van der Waals surface area (Å²) in [5.74, 6) is 0.327. The summed E-state index contributed by atoms with van der Waals surface area (Å²) in [6.07, 6.45) is 1.40. The lowest BCUT2D eigenvalue weighted by molar-refractivity contribution is -0.138. The molecule has 22 heavy (non-hydrogen) atoms. The molecule has 1 saturated heterocycles. The standard InChI is InChI=1S/C17H20N2O3/c1-3-22-17(20)16(12-18)13-8-10-19(11-9-13)14-4-6-15(21-2)7-5-14/h4-7H,3,8-11H2,1-2H3. The van der Waals surface area contributed by atoms with E-state index >= 15 is 0 Å². The lowest BCUT2D eigenvalue weighted by Crippen LogP contribution is -2.31. The van der Waals surface area contributed by atoms with Gasteiger partial charge in [0.05, 0.1) is 13.7 Å². The van der Waals surface area contributed by atoms with Crippen molar-refractivity contribution in [3.8, 4) is 11.8 Å². The lowest BCUT2D eigenvalue weighted by atomic mass is 9.98. The molecule has 0 aliphatic carbocycles. The van der Waals surface area contributed by atoms with E-state index in [2.05, 4.69) is 4.90 Å². The van der Waals surface area contributed by atoms with Gasteiger partial charge in [-0.15, -0.1) is 0 Å². The highest BCUT2D eigenvalue weighted by molar-refractivity contribution is 5.93. The van der Waals surface area contributed by atoms with Crippen molar-refractivity contribution in [1.82, 2.24) is 0 Å². The van der Waals surface area contributed by atoms with Crippen LogP contribution in [0.2, 0.25) is 0 Å². The monoisotopic (exact) mass is 300 g/mol. The molecule has 1 aliphatic rings. The van der Waals surface area contributed by atoms with Gasteiger partial charge in [0.2, 0.25) is 0 Å². The number of hydrogen-bond acceptors (Lipinski definition) is 5. The normalized spacial score (nSPS) is 14.2. The Hall–Kier alpha value is -2.48. The Balaban J connectivity index is 2.05. The zero-order chi connectivity index (χ0) is 15.9. The minimum absolute atomic E-state index is 0.177. The summed E-state index contributed by atoms with van der Waals surface area (Å²) in [5.41, 5.74) is 2.19. The molecule has 1 aliphatic heterocycles. The molecule has 1 aromatic carbocycles. The molecular weight excluding hydrogens is 280 g/mol. The van der Waals surface area contributed by atoms with Crippen molar-refractivity contribution >= 4 is 11.7 Å². The van der Waals surface area contributed by atoms with E-state index in [9.17, 15) is 10.1 Å². The van der Waals surface area contributed by atoms with Crippen LogP contribution >= 0.6 is 0 Å². The van der Waals surface area contributed by atoms with E-state index in [0.717, 1.165) is 30.1 Å². The van der Waals surface area contributed by atoms with Gasteiger partial charge in [-0.2, -0.15) is 5.26 Å². The van der Waals surface area contributed by atoms with E-state index in [-0.39, 0.29) is 12.2 Å². The number of nitrogens with zero attached hydrogens (tertiary/aromatic N) is 2. The molecule has 0 aromatic heterocycles. The second kappa shape index (κ2) is 7.51. The number of piperidine rings is 1. The van der Waals surface area contributed by atoms with Crippen molar-refractivity contribution in [2.75, 3.05) is 31.7 Å². The second-order valence-corrected chi connectivity index (χ2v) is 5.00. The SMILES string of the molecule is CCOC(=O)C(C#N)=C1CCN(c2ccc(OC)cc2)CC1. The lowest BCUT2D eigenvalue weighted by Gasteiger charge is -2.30. The molecule has 0 bridgehead atoms. The number of esters is 1. The van der Waals surface area contributed by atoms with Gasteiger partial charge in [0.25, 0.3) is 0 Å². The third-order valence-corrected chi connectivity index (χ3v) is 3.75. The van der Waals surface area contributed by atoms with Crippen molar-refractivity contribution in [2.45, 2.75) is 19.8 Å². The topological polar surface area (TPSA) is 62.6 Å². The van der Waals surface area contributed by atoms with Crippen LogP contribution in [0.5, 0.6) is 5.75 Å². The van der Waals surface area contributed by atoms with Crippen LogP contribution < -0.4 is 9.64 Å². The second-order valence-electron chi connectivity index (χ2n) is 5.00. The van der Waals surface area contributed by atoms with E-state index in [4.69, 9.17) is 9.47 Å². The third kappa shape index (κ3) is 3.59. The quantitative estimate of drug-likeness (QED) is 0.486. The fourth-order valence-corrected chi connectivity index (χ4v) is 2.55. The maximum Gasteiger partial charge on any atom is 0.348 e. The smallest absolute Gasteiger partial charge is 0.348 e. The molecule has 5 heteroatoms. The molecular formula is C17H20N2O3. The number of carbonyl (C=O) groups excluding carboxylic acids is 1. The molecule has 1 fully saturated rings. The first-order chi connectivity index (χ1) is 10.7. The third-order valence-electron chi connectivity index (χ3n) is 3.75. The zero-order valence-electron chi connectivity index (χ0n) is 13.0. The van der Waals surface area contributed by atoms with Gasteiger partial charge >= 0.3 is 5.97 Å². The van der Waals surface area contributed by atoms with Crippen molar-refractivity contribution in [2.24, 2.45) is 0 Å². The molecule has 0 saturated carbocycles. The van der Waals surface area contributed by atoms with Gasteiger partial charge in [-0.05, 0) is 49.6 Å². The average Bonchev–Trinajstić information content (AvgIpc) is 2.56. The van der Waals surface area contributed by atoms with Crippen LogP contribution in [-0.2, 0) is 9.53 Å². The number of rotatable bonds is 4. The molecule has 0 spiro atoms. The van der Waals surface area contributed by atoms with Gasteiger partial charge in [0, 0.05) is 18.8 Å². The number of methoxy groups -OCH3 is 1. The van der Waals surface area contributed by atoms with Crippen LogP contribution in [0.3, 0.4) is 0 Å². The molecule has 0 N–H and O–H groups in total. The predicted octanol–water partition coefficient (Wildman–Crippen LogP) is 2.68. The van der Waals surface area contributed by atoms with Crippen molar-refractivity contribution < 1.29 is 14.3 Å². The first kappa shape index (κ1) is 15.9. The maximum atomic E-state index is 11.8. The average molecular weight is 300 g/mol. The van der Waals surface area contributed by atoms with E-state index in [1.54, 1.807) is 14.0 Å². The highest BCUT2D eigenvalue weighted by Gasteiger charge is 2.21. The number of anilines is 1. The van der Waals surface area contributed by atoms with Gasteiger partial charge < -0.3 is 14.4 Å². The number of carbonyl (C=O) groups is 1. The summed E-state index contributed by atoms with van der Waals surface area (Å²) >= 11 is 0. The molecule has 0 unspecified atom stereocenters. The van der Waals surface area contributed by atoms with Gasteiger partial charge in [0.15, 0.2) is 0 Å². The summed E-state index contributed by atoms with van der Waals surface area (Å²) in [6.45, 7) is 3.59. The van der Waals surface area contributed by atoms with Crippen molar-refractivity contribution in [3.05, 3.63) is 35.4 Å². The summed E-state index contributed by atoms with van der Waals surface area (Å²) in [5, 5.41) is 9.18. The van der Waals surface area contributed by atoms with E-state index in [1.807, 2.05) is 30.3 Å². The number of ether oxygens (including phenoxy) is 2. The van der Waals surface area contributed by atoms with Crippen LogP contribution in [0.15, 0.2) is 35.4 Å². The zero-order valence-corrected chi connectivity index (χ0v) is 13.0. The molecule has 1 aromatic rings. The summed E-state index contributed by atoms with van der Waals surface area (Å²) < 4.78 is 10.1. The predicted molar refractivity (Wildman–Crippen MR) is 83.7 cm³/mol. The molecule has 116 valence electrons. The minimum Gasteiger partial charge on any atom is -0.497 e. The molecule has 5 nitrogen and oxygen atoms in total. The van der Waals surface area contributed by atoms with Gasteiger partial charge in [-0.1, -0.05) is 0 Å². The van der Waals surface area contributed by atoms with Crippen molar-refractivity contribution in [1.29, 1.82) is 5.26 Å². The molecule has 1 heterocycles. The minimum atomic E-state index is -0.502. The number of benzene rings is 1. The fraction of sp³-hybridized carbons (Fsp3) is 0.412. The number of nitriles is 1. The van der Waals surface area contributed by atoms with Crippen LogP contribution in [0.1, 0.15) is 19.8 Å². The summed E-state index contributed by atoms with van der Waals surface area (Å²) in [7, 11) is 1.64. The van der Waals surface area contributed by atoms with E-state index in [0.29, 0.717) is 12.8 Å². The largest absolute Gasteiger partial charge is 0.497 e. The Morgan fingerprint density at radius 3 is 2.41 bits per heavy atom. The van der Waals surface area contributed by atoms with Gasteiger partial charge in [-0.3, -0.25) is 0 Å². The maximum absolute atomic E-state index is 11.8. The summed E-state index contributed by atoms with van der Waals surface area (Å²) in [6, 6.07) is 9.89. The number of hydrogen-bond donors (Lipinski definition) is 0. The van der Waals surface area contributed by atoms with Crippen LogP contribution in [0.25, 0.3) is 0 Å². The van der Waals surface area contributed by atoms with Crippen molar-refractivity contribution in [3.63, 3.8) is 0 Å². The first-order valence-electron chi connectivity index (χ1n) is 7.37. The first-order valence-corrected chi connectivity index (χ1v) is 7.37. The Morgan fingerprint density at radius 1 is 1.27 bits per heavy atom. The van der Waals surface area contributed by atoms with E-state index in [1.165, 1.54) is 0 Å². The van der Waals surface area contributed by atoms with Gasteiger partial charge in [-0.25, -0.2) is 4.79 Å². The Morgan fingerprint density at radius 2 is 1.91 bits per heavy atom. The fourth-order valence-electron chi connectivity index (χ4n) is 2.55. The Labute approximate surface area is 130 Å². The highest BCUT2D eigenvalue weighted by atomic mass is 16.5. The summed E-state index contributed by atoms with van der Waals surface area (Å²) in [4.78, 5) is 14.0.